The maximum Gasteiger partial charge on any atom is 0.303 e. The number of carboxylic acid groups (broad SMARTS) is 1. The number of rotatable bonds is 5. The average molecular weight is 292 g/mol. The minimum absolute atomic E-state index is 0.0211. The van der Waals surface area contributed by atoms with Gasteiger partial charge in [-0.1, -0.05) is 0 Å². The number of pyridine rings is 1. The molecule has 1 aliphatic rings. The topological polar surface area (TPSA) is 79.7 Å². The normalized spacial score (nSPS) is 18.3. The van der Waals surface area contributed by atoms with Crippen LogP contribution in [0.3, 0.4) is 0 Å². The maximum atomic E-state index is 12.7. The molecule has 0 unspecified atom stereocenters. The summed E-state index contributed by atoms with van der Waals surface area (Å²) in [5.74, 6) is -0.646. The molecule has 0 bridgehead atoms. The highest BCUT2D eigenvalue weighted by Gasteiger charge is 2.29. The number of likely N-dealkylation sites (tertiary alicyclic amines) is 1. The number of methoxy groups -OCH3 is 1. The minimum atomic E-state index is -0.827. The van der Waals surface area contributed by atoms with Crippen LogP contribution in [0, 0.1) is 0 Å². The molecule has 1 aliphatic heterocycles. The van der Waals surface area contributed by atoms with Crippen LogP contribution < -0.4 is 4.74 Å². The summed E-state index contributed by atoms with van der Waals surface area (Å²) in [6.45, 7) is 0.654. The molecule has 0 aromatic carbocycles. The lowest BCUT2D eigenvalue weighted by molar-refractivity contribution is -0.137. The predicted molar refractivity (Wildman–Crippen MR) is 76.3 cm³/mol. The summed E-state index contributed by atoms with van der Waals surface area (Å²) in [6.07, 6.45) is 4.97. The molecule has 0 saturated carbocycles. The number of amides is 1. The highest BCUT2D eigenvalue weighted by Crippen LogP contribution is 2.25. The number of carboxylic acids is 1. The Morgan fingerprint density at radius 1 is 1.48 bits per heavy atom. The van der Waals surface area contributed by atoms with Crippen molar-refractivity contribution in [3.63, 3.8) is 0 Å². The Hall–Kier alpha value is -2.11. The van der Waals surface area contributed by atoms with Gasteiger partial charge in [-0.05, 0) is 37.8 Å². The Bertz CT molecular complexity index is 518. The second kappa shape index (κ2) is 7.06. The summed E-state index contributed by atoms with van der Waals surface area (Å²) in [5, 5.41) is 8.83. The standard InChI is InChI=1S/C15H20N2O4/c1-21-14-12(6-4-9-16-14)15(20)17-10-3-2-5-11(17)7-8-13(18)19/h4,6,9,11H,2-3,5,7-8,10H2,1H3,(H,18,19)/t11-/m0/s1. The molecule has 1 aromatic heterocycles. The van der Waals surface area contributed by atoms with Gasteiger partial charge in [0.2, 0.25) is 5.88 Å². The van der Waals surface area contributed by atoms with Crippen LogP contribution in [-0.2, 0) is 4.79 Å². The monoisotopic (exact) mass is 292 g/mol. The molecule has 1 N–H and O–H groups in total. The number of carbonyl (C=O) groups excluding carboxylic acids is 1. The molecular formula is C15H20N2O4. The summed E-state index contributed by atoms with van der Waals surface area (Å²) < 4.78 is 5.14. The van der Waals surface area contributed by atoms with Gasteiger partial charge in [0.25, 0.3) is 5.91 Å². The van der Waals surface area contributed by atoms with E-state index in [0.717, 1.165) is 19.3 Å². The van der Waals surface area contributed by atoms with E-state index in [-0.39, 0.29) is 18.4 Å². The molecule has 6 nitrogen and oxygen atoms in total. The Morgan fingerprint density at radius 3 is 3.00 bits per heavy atom. The molecule has 0 aliphatic carbocycles. The quantitative estimate of drug-likeness (QED) is 0.897. The SMILES string of the molecule is COc1ncccc1C(=O)N1CCCC[C@H]1CCC(=O)O. The number of ether oxygens (including phenoxy) is 1. The van der Waals surface area contributed by atoms with Gasteiger partial charge in [-0.3, -0.25) is 9.59 Å². The second-order valence-corrected chi connectivity index (χ2v) is 5.14. The molecular weight excluding hydrogens is 272 g/mol. The molecule has 1 atom stereocenters. The van der Waals surface area contributed by atoms with Gasteiger partial charge >= 0.3 is 5.97 Å². The van der Waals surface area contributed by atoms with Gasteiger partial charge in [0.05, 0.1) is 7.11 Å². The molecule has 1 fully saturated rings. The number of aromatic nitrogens is 1. The third-order valence-electron chi connectivity index (χ3n) is 3.77. The fourth-order valence-corrected chi connectivity index (χ4v) is 2.73. The van der Waals surface area contributed by atoms with Crippen LogP contribution in [0.2, 0.25) is 0 Å². The third kappa shape index (κ3) is 3.71. The van der Waals surface area contributed by atoms with Crippen molar-refractivity contribution in [3.8, 4) is 5.88 Å². The lowest BCUT2D eigenvalue weighted by Gasteiger charge is -2.35. The van der Waals surface area contributed by atoms with E-state index < -0.39 is 5.97 Å². The highest BCUT2D eigenvalue weighted by molar-refractivity contribution is 5.96. The Kier molecular flexibility index (Phi) is 5.14. The molecule has 1 saturated heterocycles. The first-order chi connectivity index (χ1) is 10.1. The second-order valence-electron chi connectivity index (χ2n) is 5.14. The van der Waals surface area contributed by atoms with Gasteiger partial charge in [0.1, 0.15) is 5.56 Å². The van der Waals surface area contributed by atoms with Gasteiger partial charge in [0, 0.05) is 25.2 Å². The summed E-state index contributed by atoms with van der Waals surface area (Å²) in [5.41, 5.74) is 0.433. The molecule has 6 heteroatoms. The number of piperidine rings is 1. The maximum absolute atomic E-state index is 12.7. The van der Waals surface area contributed by atoms with Gasteiger partial charge < -0.3 is 14.7 Å². The molecule has 1 aromatic rings. The molecule has 21 heavy (non-hydrogen) atoms. The fraction of sp³-hybridized carbons (Fsp3) is 0.533. The van der Waals surface area contributed by atoms with Crippen LogP contribution >= 0.6 is 0 Å². The number of carbonyl (C=O) groups is 2. The highest BCUT2D eigenvalue weighted by atomic mass is 16.5. The van der Waals surface area contributed by atoms with Gasteiger partial charge in [-0.2, -0.15) is 0 Å². The zero-order valence-corrected chi connectivity index (χ0v) is 12.1. The number of aliphatic carboxylic acids is 1. The van der Waals surface area contributed by atoms with Gasteiger partial charge in [-0.15, -0.1) is 0 Å². The lowest BCUT2D eigenvalue weighted by Crippen LogP contribution is -2.44. The van der Waals surface area contributed by atoms with E-state index in [1.165, 1.54) is 7.11 Å². The van der Waals surface area contributed by atoms with Crippen molar-refractivity contribution in [1.29, 1.82) is 0 Å². The van der Waals surface area contributed by atoms with Crippen LogP contribution in [-0.4, -0.2) is 46.6 Å². The van der Waals surface area contributed by atoms with E-state index >= 15 is 0 Å². The van der Waals surface area contributed by atoms with E-state index in [1.54, 1.807) is 23.2 Å². The van der Waals surface area contributed by atoms with Crippen LogP contribution in [0.1, 0.15) is 42.5 Å². The van der Waals surface area contributed by atoms with Crippen molar-refractivity contribution in [2.75, 3.05) is 13.7 Å². The number of nitrogens with zero attached hydrogens (tertiary/aromatic N) is 2. The zero-order valence-electron chi connectivity index (χ0n) is 12.1. The van der Waals surface area contributed by atoms with Crippen molar-refractivity contribution in [1.82, 2.24) is 9.88 Å². The minimum Gasteiger partial charge on any atom is -0.481 e. The third-order valence-corrected chi connectivity index (χ3v) is 3.77. The van der Waals surface area contributed by atoms with Gasteiger partial charge in [0.15, 0.2) is 0 Å². The van der Waals surface area contributed by atoms with Crippen molar-refractivity contribution in [3.05, 3.63) is 23.9 Å². The number of hydrogen-bond donors (Lipinski definition) is 1. The Balaban J connectivity index is 2.16. The molecule has 0 spiro atoms. The first-order valence-electron chi connectivity index (χ1n) is 7.15. The van der Waals surface area contributed by atoms with Crippen LogP contribution in [0.25, 0.3) is 0 Å². The predicted octanol–water partition coefficient (Wildman–Crippen LogP) is 1.95. The summed E-state index contributed by atoms with van der Waals surface area (Å²) in [7, 11) is 1.48. The van der Waals surface area contributed by atoms with Crippen molar-refractivity contribution >= 4 is 11.9 Å². The Morgan fingerprint density at radius 2 is 2.29 bits per heavy atom. The molecule has 114 valence electrons. The smallest absolute Gasteiger partial charge is 0.303 e. The summed E-state index contributed by atoms with van der Waals surface area (Å²) in [6, 6.07) is 3.37. The van der Waals surface area contributed by atoms with Crippen LogP contribution in [0.4, 0.5) is 0 Å². The average Bonchev–Trinajstić information content (AvgIpc) is 2.52. The molecule has 2 rings (SSSR count). The molecule has 0 radical (unpaired) electrons. The Labute approximate surface area is 123 Å². The van der Waals surface area contributed by atoms with E-state index in [4.69, 9.17) is 9.84 Å². The largest absolute Gasteiger partial charge is 0.481 e. The molecule has 2 heterocycles. The van der Waals surface area contributed by atoms with Crippen molar-refractivity contribution in [2.45, 2.75) is 38.1 Å². The van der Waals surface area contributed by atoms with E-state index in [1.807, 2.05) is 0 Å². The van der Waals surface area contributed by atoms with Crippen molar-refractivity contribution in [2.24, 2.45) is 0 Å². The van der Waals surface area contributed by atoms with Crippen LogP contribution in [0.15, 0.2) is 18.3 Å². The van der Waals surface area contributed by atoms with E-state index in [0.29, 0.717) is 24.4 Å². The van der Waals surface area contributed by atoms with Crippen molar-refractivity contribution < 1.29 is 19.4 Å². The van der Waals surface area contributed by atoms with Crippen LogP contribution in [0.5, 0.6) is 5.88 Å². The summed E-state index contributed by atoms with van der Waals surface area (Å²) in [4.78, 5) is 29.3. The zero-order chi connectivity index (χ0) is 15.2. The fourth-order valence-electron chi connectivity index (χ4n) is 2.73. The van der Waals surface area contributed by atoms with E-state index in [2.05, 4.69) is 4.98 Å². The first-order valence-corrected chi connectivity index (χ1v) is 7.15. The van der Waals surface area contributed by atoms with E-state index in [9.17, 15) is 9.59 Å². The van der Waals surface area contributed by atoms with Gasteiger partial charge in [-0.25, -0.2) is 4.98 Å². The summed E-state index contributed by atoms with van der Waals surface area (Å²) >= 11 is 0. The molecule has 1 amide bonds. The lowest BCUT2D eigenvalue weighted by atomic mass is 9.97. The first kappa shape index (κ1) is 15.3. The number of hydrogen-bond acceptors (Lipinski definition) is 4.